The molecule has 0 spiro atoms. The Kier molecular flexibility index (Phi) is 4.83. The number of amides is 1. The number of aryl methyl sites for hydroxylation is 2. The number of nitrogens with zero attached hydrogens (tertiary/aromatic N) is 1. The number of fused-ring (bicyclic) bond motifs is 5. The van der Waals surface area contributed by atoms with Crippen LogP contribution in [0, 0.1) is 19.3 Å². The van der Waals surface area contributed by atoms with E-state index in [-0.39, 0.29) is 11.3 Å². The molecular formula is C25H32N2O. The first-order valence-corrected chi connectivity index (χ1v) is 10.4. The predicted molar refractivity (Wildman–Crippen MR) is 116 cm³/mol. The summed E-state index contributed by atoms with van der Waals surface area (Å²) < 4.78 is 0. The molecule has 1 aliphatic heterocycles. The highest BCUT2D eigenvalue weighted by atomic mass is 16.1. The fourth-order valence-corrected chi connectivity index (χ4v) is 5.05. The largest absolute Gasteiger partial charge is 0.326 e. The van der Waals surface area contributed by atoms with Gasteiger partial charge in [0.05, 0.1) is 0 Å². The summed E-state index contributed by atoms with van der Waals surface area (Å²) >= 11 is 0. The molecule has 1 N–H and O–H groups in total. The molecule has 3 nitrogen and oxygen atoms in total. The standard InChI is InChI=1S/C25H32N2O/c1-16-10-18(11-17(2)24(16)26-23(28)13-25(3,4)5)14-27-15-19-12-22(27)21-9-7-6-8-20(19)21/h6-11,19,22H,12-15H2,1-5H3,(H,26,28)/t19-,22-/m1/s1. The van der Waals surface area contributed by atoms with Gasteiger partial charge in [0.2, 0.25) is 5.91 Å². The van der Waals surface area contributed by atoms with Gasteiger partial charge in [-0.1, -0.05) is 57.2 Å². The van der Waals surface area contributed by atoms with Gasteiger partial charge in [0.1, 0.15) is 0 Å². The third-order valence-corrected chi connectivity index (χ3v) is 6.13. The molecule has 2 aromatic carbocycles. The summed E-state index contributed by atoms with van der Waals surface area (Å²) in [6.45, 7) is 12.6. The molecule has 1 fully saturated rings. The summed E-state index contributed by atoms with van der Waals surface area (Å²) in [6, 6.07) is 14.0. The number of anilines is 1. The topological polar surface area (TPSA) is 32.3 Å². The van der Waals surface area contributed by atoms with Gasteiger partial charge in [0.25, 0.3) is 0 Å². The van der Waals surface area contributed by atoms with E-state index < -0.39 is 0 Å². The predicted octanol–water partition coefficient (Wildman–Crippen LogP) is 5.72. The average molecular weight is 377 g/mol. The van der Waals surface area contributed by atoms with Crippen molar-refractivity contribution in [2.75, 3.05) is 11.9 Å². The summed E-state index contributed by atoms with van der Waals surface area (Å²) in [6.07, 6.45) is 1.79. The van der Waals surface area contributed by atoms with Crippen LogP contribution in [0.3, 0.4) is 0 Å². The third-order valence-electron chi connectivity index (χ3n) is 6.13. The molecule has 3 heteroatoms. The minimum absolute atomic E-state index is 0.00279. The van der Waals surface area contributed by atoms with Crippen molar-refractivity contribution in [2.45, 2.75) is 66.0 Å². The maximum absolute atomic E-state index is 12.4. The molecular weight excluding hydrogens is 344 g/mol. The Labute approximate surface area is 169 Å². The highest BCUT2D eigenvalue weighted by Gasteiger charge is 2.41. The summed E-state index contributed by atoms with van der Waals surface area (Å²) in [5.41, 5.74) is 7.72. The van der Waals surface area contributed by atoms with Crippen molar-refractivity contribution in [2.24, 2.45) is 5.41 Å². The molecule has 2 atom stereocenters. The number of benzene rings is 2. The summed E-state index contributed by atoms with van der Waals surface area (Å²) in [5, 5.41) is 3.14. The minimum Gasteiger partial charge on any atom is -0.326 e. The Hall–Kier alpha value is -2.13. The Morgan fingerprint density at radius 3 is 2.39 bits per heavy atom. The summed E-state index contributed by atoms with van der Waals surface area (Å²) in [7, 11) is 0. The van der Waals surface area contributed by atoms with Crippen LogP contribution in [0.4, 0.5) is 5.69 Å². The molecule has 0 saturated carbocycles. The van der Waals surface area contributed by atoms with Crippen molar-refractivity contribution in [1.29, 1.82) is 0 Å². The Morgan fingerprint density at radius 1 is 1.11 bits per heavy atom. The highest BCUT2D eigenvalue weighted by molar-refractivity contribution is 5.92. The van der Waals surface area contributed by atoms with E-state index >= 15 is 0 Å². The van der Waals surface area contributed by atoms with Crippen LogP contribution in [0.15, 0.2) is 36.4 Å². The lowest BCUT2D eigenvalue weighted by Gasteiger charge is -2.29. The van der Waals surface area contributed by atoms with E-state index in [2.05, 4.69) is 81.2 Å². The first kappa shape index (κ1) is 19.2. The van der Waals surface area contributed by atoms with Gasteiger partial charge in [-0.2, -0.15) is 0 Å². The molecule has 0 aromatic heterocycles. The minimum atomic E-state index is -0.00279. The van der Waals surface area contributed by atoms with E-state index in [1.54, 1.807) is 5.56 Å². The second-order valence-corrected chi connectivity index (χ2v) is 9.90. The molecule has 28 heavy (non-hydrogen) atoms. The molecule has 2 bridgehead atoms. The number of hydrogen-bond acceptors (Lipinski definition) is 2. The van der Waals surface area contributed by atoms with Gasteiger partial charge in [-0.3, -0.25) is 9.69 Å². The zero-order valence-electron chi connectivity index (χ0n) is 17.8. The lowest BCUT2D eigenvalue weighted by molar-refractivity contribution is -0.117. The number of carbonyl (C=O) groups is 1. The van der Waals surface area contributed by atoms with E-state index in [9.17, 15) is 4.79 Å². The molecule has 2 aliphatic rings. The number of likely N-dealkylation sites (tertiary alicyclic amines) is 1. The maximum Gasteiger partial charge on any atom is 0.224 e. The number of carbonyl (C=O) groups excluding carboxylic acids is 1. The molecule has 1 amide bonds. The molecule has 1 saturated heterocycles. The lowest BCUT2D eigenvalue weighted by atomic mass is 9.91. The molecule has 4 rings (SSSR count). The number of rotatable bonds is 4. The van der Waals surface area contributed by atoms with Crippen LogP contribution in [0.25, 0.3) is 0 Å². The maximum atomic E-state index is 12.4. The SMILES string of the molecule is Cc1cc(CN2C[C@H]3C[C@@H]2c2ccccc23)cc(C)c1NC(=O)CC(C)(C)C. The van der Waals surface area contributed by atoms with E-state index in [0.29, 0.717) is 18.4 Å². The van der Waals surface area contributed by atoms with Gasteiger partial charge >= 0.3 is 0 Å². The molecule has 0 radical (unpaired) electrons. The van der Waals surface area contributed by atoms with Crippen LogP contribution in [-0.4, -0.2) is 17.4 Å². The summed E-state index contributed by atoms with van der Waals surface area (Å²) in [5.74, 6) is 0.791. The molecule has 1 aliphatic carbocycles. The van der Waals surface area contributed by atoms with Crippen molar-refractivity contribution < 1.29 is 4.79 Å². The van der Waals surface area contributed by atoms with Gasteiger partial charge in [0.15, 0.2) is 0 Å². The van der Waals surface area contributed by atoms with Crippen LogP contribution in [-0.2, 0) is 11.3 Å². The van der Waals surface area contributed by atoms with Crippen LogP contribution < -0.4 is 5.32 Å². The van der Waals surface area contributed by atoms with Gasteiger partial charge in [-0.05, 0) is 59.4 Å². The Balaban J connectivity index is 1.48. The normalized spacial score (nSPS) is 21.0. The Morgan fingerprint density at radius 2 is 1.75 bits per heavy atom. The molecule has 2 aromatic rings. The number of nitrogens with one attached hydrogen (secondary N) is 1. The van der Waals surface area contributed by atoms with E-state index in [1.807, 2.05) is 0 Å². The molecule has 148 valence electrons. The van der Waals surface area contributed by atoms with Crippen molar-refractivity contribution in [3.05, 3.63) is 64.2 Å². The second kappa shape index (κ2) is 7.04. The lowest BCUT2D eigenvalue weighted by Crippen LogP contribution is -2.27. The monoisotopic (exact) mass is 376 g/mol. The van der Waals surface area contributed by atoms with E-state index in [4.69, 9.17) is 0 Å². The zero-order valence-corrected chi connectivity index (χ0v) is 17.8. The first-order chi connectivity index (χ1) is 13.2. The van der Waals surface area contributed by atoms with E-state index in [0.717, 1.165) is 29.9 Å². The number of hydrogen-bond donors (Lipinski definition) is 1. The van der Waals surface area contributed by atoms with Gasteiger partial charge in [-0.15, -0.1) is 0 Å². The third kappa shape index (κ3) is 3.73. The van der Waals surface area contributed by atoms with Crippen molar-refractivity contribution in [3.8, 4) is 0 Å². The fourth-order valence-electron chi connectivity index (χ4n) is 5.05. The smallest absolute Gasteiger partial charge is 0.224 e. The van der Waals surface area contributed by atoms with Gasteiger partial charge in [-0.25, -0.2) is 0 Å². The van der Waals surface area contributed by atoms with Gasteiger partial charge in [0, 0.05) is 31.2 Å². The van der Waals surface area contributed by atoms with E-state index in [1.165, 1.54) is 17.5 Å². The van der Waals surface area contributed by atoms with Crippen molar-refractivity contribution >= 4 is 11.6 Å². The highest BCUT2D eigenvalue weighted by Crippen LogP contribution is 2.50. The molecule has 0 unspecified atom stereocenters. The second-order valence-electron chi connectivity index (χ2n) is 9.90. The Bertz CT molecular complexity index is 886. The van der Waals surface area contributed by atoms with Crippen LogP contribution in [0.5, 0.6) is 0 Å². The molecule has 1 heterocycles. The average Bonchev–Trinajstić information content (AvgIpc) is 3.16. The first-order valence-electron chi connectivity index (χ1n) is 10.4. The van der Waals surface area contributed by atoms with Crippen molar-refractivity contribution in [1.82, 2.24) is 4.90 Å². The van der Waals surface area contributed by atoms with Crippen LogP contribution in [0.2, 0.25) is 0 Å². The summed E-state index contributed by atoms with van der Waals surface area (Å²) in [4.78, 5) is 15.0. The van der Waals surface area contributed by atoms with Gasteiger partial charge < -0.3 is 5.32 Å². The fraction of sp³-hybridized carbons (Fsp3) is 0.480. The zero-order chi connectivity index (χ0) is 20.1. The quantitative estimate of drug-likeness (QED) is 0.740. The van der Waals surface area contributed by atoms with Crippen LogP contribution in [0.1, 0.15) is 73.4 Å². The van der Waals surface area contributed by atoms with Crippen molar-refractivity contribution in [3.63, 3.8) is 0 Å². The van der Waals surface area contributed by atoms with Crippen LogP contribution >= 0.6 is 0 Å².